The number of fused-ring (bicyclic) bond motifs is 2. The van der Waals surface area contributed by atoms with Gasteiger partial charge in [0, 0.05) is 39.0 Å². The van der Waals surface area contributed by atoms with Crippen LogP contribution >= 0.6 is 38.6 Å². The van der Waals surface area contributed by atoms with Gasteiger partial charge in [0.25, 0.3) is 0 Å². The van der Waals surface area contributed by atoms with Gasteiger partial charge in [0.2, 0.25) is 5.91 Å². The van der Waals surface area contributed by atoms with Crippen molar-refractivity contribution >= 4 is 59.7 Å². The van der Waals surface area contributed by atoms with Crippen LogP contribution < -0.4 is 16.0 Å². The molecule has 8 heteroatoms. The monoisotopic (exact) mass is 546 g/mol. The van der Waals surface area contributed by atoms with Crippen LogP contribution in [0.25, 0.3) is 20.8 Å². The van der Waals surface area contributed by atoms with Crippen molar-refractivity contribution < 1.29 is 4.79 Å². The van der Waals surface area contributed by atoms with E-state index >= 15 is 0 Å². The van der Waals surface area contributed by atoms with E-state index in [2.05, 4.69) is 64.8 Å². The fourth-order valence-electron chi connectivity index (χ4n) is 4.98. The van der Waals surface area contributed by atoms with Crippen molar-refractivity contribution in [2.24, 2.45) is 5.92 Å². The highest BCUT2D eigenvalue weighted by molar-refractivity contribution is 9.10. The Hall–Kier alpha value is -1.32. The molecule has 176 valence electrons. The number of carbonyl (C=O) groups excluding carboxylic acids is 1. The zero-order valence-electron chi connectivity index (χ0n) is 19.4. The van der Waals surface area contributed by atoms with Gasteiger partial charge in [0.15, 0.2) is 0 Å². The summed E-state index contributed by atoms with van der Waals surface area (Å²) in [5.41, 5.74) is 3.62. The summed E-state index contributed by atoms with van der Waals surface area (Å²) in [4.78, 5) is 19.6. The van der Waals surface area contributed by atoms with Crippen LogP contribution in [0.4, 0.5) is 5.00 Å². The Balaban J connectivity index is 1.38. The van der Waals surface area contributed by atoms with Crippen LogP contribution in [0, 0.1) is 5.92 Å². The standard InChI is InChI=1S/C25H31BrN4OS2/c1-25(2,3)30-16-7-4-14(5-8-16)22(31)29-24-21(17-10-11-27-13-20(17)33-24)23-28-18-9-6-15(26)12-19(18)32-23/h6,9,12,14,16,27,30H,4-5,7-8,10-11,13H2,1-3H3,(H,29,31). The Morgan fingerprint density at radius 3 is 2.73 bits per heavy atom. The highest BCUT2D eigenvalue weighted by Gasteiger charge is 2.30. The van der Waals surface area contributed by atoms with Crippen molar-refractivity contribution in [2.45, 2.75) is 71.0 Å². The quantitative estimate of drug-likeness (QED) is 0.358. The van der Waals surface area contributed by atoms with Gasteiger partial charge in [-0.3, -0.25) is 4.79 Å². The van der Waals surface area contributed by atoms with Crippen molar-refractivity contribution in [3.05, 3.63) is 33.1 Å². The molecule has 5 rings (SSSR count). The van der Waals surface area contributed by atoms with E-state index in [1.807, 2.05) is 6.07 Å². The summed E-state index contributed by atoms with van der Waals surface area (Å²) in [5, 5.41) is 12.5. The molecule has 2 aliphatic rings. The summed E-state index contributed by atoms with van der Waals surface area (Å²) in [7, 11) is 0. The number of hydrogen-bond donors (Lipinski definition) is 3. The minimum Gasteiger partial charge on any atom is -0.317 e. The van der Waals surface area contributed by atoms with E-state index in [-0.39, 0.29) is 17.4 Å². The number of thiazole rings is 1. The number of aromatic nitrogens is 1. The third kappa shape index (κ3) is 5.20. The second-order valence-electron chi connectivity index (χ2n) is 10.2. The largest absolute Gasteiger partial charge is 0.317 e. The third-order valence-electron chi connectivity index (χ3n) is 6.46. The van der Waals surface area contributed by atoms with Crippen LogP contribution in [-0.2, 0) is 17.8 Å². The van der Waals surface area contributed by atoms with E-state index in [1.54, 1.807) is 22.7 Å². The van der Waals surface area contributed by atoms with Gasteiger partial charge in [-0.1, -0.05) is 15.9 Å². The number of hydrogen-bond acceptors (Lipinski definition) is 6. The number of rotatable bonds is 4. The number of thiophene rings is 1. The predicted octanol–water partition coefficient (Wildman–Crippen LogP) is 6.32. The summed E-state index contributed by atoms with van der Waals surface area (Å²) in [5.74, 6) is 0.250. The average molecular weight is 548 g/mol. The van der Waals surface area contributed by atoms with E-state index in [4.69, 9.17) is 4.98 Å². The van der Waals surface area contributed by atoms with Crippen molar-refractivity contribution in [2.75, 3.05) is 11.9 Å². The first-order valence-corrected chi connectivity index (χ1v) is 14.2. The lowest BCUT2D eigenvalue weighted by atomic mass is 9.84. The lowest BCUT2D eigenvalue weighted by molar-refractivity contribution is -0.120. The Bertz CT molecular complexity index is 1170. The molecule has 3 heterocycles. The molecule has 1 aliphatic carbocycles. The SMILES string of the molecule is CC(C)(C)NC1CCC(C(=O)Nc2sc3c(c2-c2nc4ccc(Br)cc4s2)CCNC3)CC1. The molecule has 2 aromatic heterocycles. The van der Waals surface area contributed by atoms with Crippen LogP contribution in [0.5, 0.6) is 0 Å². The number of benzene rings is 1. The number of nitrogens with zero attached hydrogens (tertiary/aromatic N) is 1. The molecular weight excluding hydrogens is 516 g/mol. The average Bonchev–Trinajstić information content (AvgIpc) is 3.33. The molecule has 1 aromatic carbocycles. The fourth-order valence-corrected chi connectivity index (χ4v) is 7.86. The van der Waals surface area contributed by atoms with Gasteiger partial charge < -0.3 is 16.0 Å². The Morgan fingerprint density at radius 2 is 1.97 bits per heavy atom. The summed E-state index contributed by atoms with van der Waals surface area (Å²) < 4.78 is 2.22. The molecule has 0 atom stereocenters. The third-order valence-corrected chi connectivity index (χ3v) is 9.14. The maximum absolute atomic E-state index is 13.3. The maximum Gasteiger partial charge on any atom is 0.228 e. The van der Waals surface area contributed by atoms with Crippen molar-refractivity contribution in [3.63, 3.8) is 0 Å². The number of carbonyl (C=O) groups is 1. The number of nitrogens with one attached hydrogen (secondary N) is 3. The van der Waals surface area contributed by atoms with Gasteiger partial charge >= 0.3 is 0 Å². The number of anilines is 1. The second-order valence-corrected chi connectivity index (χ2v) is 13.2. The van der Waals surface area contributed by atoms with E-state index in [9.17, 15) is 4.79 Å². The van der Waals surface area contributed by atoms with Gasteiger partial charge in [-0.25, -0.2) is 4.98 Å². The van der Waals surface area contributed by atoms with Gasteiger partial charge in [-0.15, -0.1) is 22.7 Å². The van der Waals surface area contributed by atoms with E-state index in [1.165, 1.54) is 10.4 Å². The summed E-state index contributed by atoms with van der Waals surface area (Å²) in [6.07, 6.45) is 4.97. The molecule has 33 heavy (non-hydrogen) atoms. The zero-order chi connectivity index (χ0) is 23.2. The minimum absolute atomic E-state index is 0.0828. The van der Waals surface area contributed by atoms with Crippen molar-refractivity contribution in [1.29, 1.82) is 0 Å². The topological polar surface area (TPSA) is 66.0 Å². The summed E-state index contributed by atoms with van der Waals surface area (Å²) in [6.45, 7) is 8.46. The summed E-state index contributed by atoms with van der Waals surface area (Å²) in [6, 6.07) is 6.72. The number of amides is 1. The van der Waals surface area contributed by atoms with Crippen LogP contribution in [0.15, 0.2) is 22.7 Å². The van der Waals surface area contributed by atoms with Crippen LogP contribution in [0.2, 0.25) is 0 Å². The summed E-state index contributed by atoms with van der Waals surface area (Å²) >= 11 is 7.00. The van der Waals surface area contributed by atoms with Crippen LogP contribution in [0.1, 0.15) is 56.9 Å². The molecule has 3 aromatic rings. The lowest BCUT2D eigenvalue weighted by Crippen LogP contribution is -2.46. The Morgan fingerprint density at radius 1 is 1.18 bits per heavy atom. The van der Waals surface area contributed by atoms with E-state index in [0.717, 1.165) is 75.5 Å². The molecule has 0 saturated heterocycles. The highest BCUT2D eigenvalue weighted by atomic mass is 79.9. The maximum atomic E-state index is 13.3. The normalized spacial score (nSPS) is 21.2. The first-order chi connectivity index (χ1) is 15.8. The highest BCUT2D eigenvalue weighted by Crippen LogP contribution is 2.45. The molecule has 1 amide bonds. The van der Waals surface area contributed by atoms with Gasteiger partial charge in [0.1, 0.15) is 10.0 Å². The van der Waals surface area contributed by atoms with E-state index < -0.39 is 0 Å². The molecule has 0 radical (unpaired) electrons. The first kappa shape index (κ1) is 23.4. The fraction of sp³-hybridized carbons (Fsp3) is 0.520. The Labute approximate surface area is 211 Å². The minimum atomic E-state index is 0.0828. The molecule has 0 spiro atoms. The van der Waals surface area contributed by atoms with Gasteiger partial charge in [-0.2, -0.15) is 0 Å². The molecule has 1 aliphatic heterocycles. The molecule has 3 N–H and O–H groups in total. The zero-order valence-corrected chi connectivity index (χ0v) is 22.6. The molecule has 0 bridgehead atoms. The van der Waals surface area contributed by atoms with Crippen LogP contribution in [0.3, 0.4) is 0 Å². The lowest BCUT2D eigenvalue weighted by Gasteiger charge is -2.33. The second kappa shape index (κ2) is 9.38. The first-order valence-electron chi connectivity index (χ1n) is 11.8. The van der Waals surface area contributed by atoms with Gasteiger partial charge in [-0.05, 0) is 83.2 Å². The molecule has 0 unspecified atom stereocenters. The van der Waals surface area contributed by atoms with Crippen LogP contribution in [-0.4, -0.2) is 29.0 Å². The Kier molecular flexibility index (Phi) is 6.66. The smallest absolute Gasteiger partial charge is 0.228 e. The molecular formula is C25H31BrN4OS2. The molecule has 1 fully saturated rings. The number of halogens is 1. The molecule has 5 nitrogen and oxygen atoms in total. The van der Waals surface area contributed by atoms with E-state index in [0.29, 0.717) is 6.04 Å². The van der Waals surface area contributed by atoms with Crippen molar-refractivity contribution in [1.82, 2.24) is 15.6 Å². The van der Waals surface area contributed by atoms with Crippen molar-refractivity contribution in [3.8, 4) is 10.6 Å². The predicted molar refractivity (Wildman–Crippen MR) is 143 cm³/mol. The van der Waals surface area contributed by atoms with Gasteiger partial charge in [0.05, 0.1) is 10.2 Å². The molecule has 1 saturated carbocycles.